The normalized spacial score (nSPS) is 10.2. The van der Waals surface area contributed by atoms with Crippen LogP contribution in [0.1, 0.15) is 39.4 Å². The predicted octanol–water partition coefficient (Wildman–Crippen LogP) is 2.58. The summed E-state index contributed by atoms with van der Waals surface area (Å²) in [7, 11) is 0. The van der Waals surface area contributed by atoms with Gasteiger partial charge in [-0.25, -0.2) is 9.59 Å². The van der Waals surface area contributed by atoms with Crippen LogP contribution in [0.2, 0.25) is 0 Å². The van der Waals surface area contributed by atoms with Crippen LogP contribution in [0.15, 0.2) is 0 Å². The third-order valence-electron chi connectivity index (χ3n) is 2.11. The van der Waals surface area contributed by atoms with Gasteiger partial charge in [-0.3, -0.25) is 0 Å². The molecule has 1 aromatic rings. The van der Waals surface area contributed by atoms with Crippen LogP contribution in [-0.2, 0) is 14.8 Å². The monoisotopic (exact) mass is 335 g/mol. The highest BCUT2D eigenvalue weighted by Crippen LogP contribution is 2.33. The van der Waals surface area contributed by atoms with E-state index >= 15 is 0 Å². The van der Waals surface area contributed by atoms with Crippen LogP contribution in [0.4, 0.5) is 5.00 Å². The maximum absolute atomic E-state index is 11.8. The Morgan fingerprint density at radius 3 is 2.28 bits per heavy atom. The van der Waals surface area contributed by atoms with Gasteiger partial charge in [0.15, 0.2) is 0 Å². The van der Waals surface area contributed by atoms with E-state index in [0.717, 1.165) is 11.3 Å². The molecule has 0 aliphatic carbocycles. The molecule has 0 bridgehead atoms. The summed E-state index contributed by atoms with van der Waals surface area (Å²) in [5, 5.41) is 0.606. The van der Waals surface area contributed by atoms with E-state index in [1.54, 1.807) is 13.8 Å². The first-order valence-corrected chi connectivity index (χ1v) is 7.31. The highest BCUT2D eigenvalue weighted by molar-refractivity contribution is 9.08. The van der Waals surface area contributed by atoms with Crippen molar-refractivity contribution in [2.75, 3.05) is 18.9 Å². The highest BCUT2D eigenvalue weighted by atomic mass is 79.9. The number of anilines is 1. The molecule has 0 fully saturated rings. The summed E-state index contributed by atoms with van der Waals surface area (Å²) in [6, 6.07) is 0. The number of ether oxygens (including phenoxy) is 2. The lowest BCUT2D eigenvalue weighted by molar-refractivity contribution is 0.0527. The predicted molar refractivity (Wildman–Crippen MR) is 73.3 cm³/mol. The molecule has 0 unspecified atom stereocenters. The number of esters is 2. The molecule has 0 aliphatic rings. The van der Waals surface area contributed by atoms with Crippen LogP contribution in [-0.4, -0.2) is 25.2 Å². The van der Waals surface area contributed by atoms with E-state index in [2.05, 4.69) is 15.9 Å². The second-order valence-electron chi connectivity index (χ2n) is 3.22. The average molecular weight is 336 g/mol. The van der Waals surface area contributed by atoms with Crippen molar-refractivity contribution in [1.29, 1.82) is 0 Å². The first-order chi connectivity index (χ1) is 8.56. The molecule has 0 atom stereocenters. The van der Waals surface area contributed by atoms with Crippen molar-refractivity contribution in [2.24, 2.45) is 0 Å². The summed E-state index contributed by atoms with van der Waals surface area (Å²) in [5.41, 5.74) is 6.55. The lowest BCUT2D eigenvalue weighted by Gasteiger charge is -2.04. The van der Waals surface area contributed by atoms with Gasteiger partial charge in [-0.2, -0.15) is 0 Å². The minimum absolute atomic E-state index is 0.252. The van der Waals surface area contributed by atoms with Crippen LogP contribution in [0, 0.1) is 0 Å². The molecule has 0 saturated heterocycles. The van der Waals surface area contributed by atoms with E-state index in [-0.39, 0.29) is 23.8 Å². The molecule has 18 heavy (non-hydrogen) atoms. The number of nitrogens with two attached hydrogens (primary N) is 1. The molecule has 0 aliphatic heterocycles. The Bertz CT molecular complexity index is 458. The zero-order chi connectivity index (χ0) is 13.7. The van der Waals surface area contributed by atoms with Crippen molar-refractivity contribution in [3.63, 3.8) is 0 Å². The molecule has 2 N–H and O–H groups in total. The molecule has 0 saturated carbocycles. The molecule has 1 aromatic heterocycles. The van der Waals surface area contributed by atoms with Gasteiger partial charge in [0.1, 0.15) is 9.88 Å². The number of carbonyl (C=O) groups excluding carboxylic acids is 2. The largest absolute Gasteiger partial charge is 0.462 e. The minimum Gasteiger partial charge on any atom is -0.462 e. The summed E-state index contributed by atoms with van der Waals surface area (Å²) < 4.78 is 9.84. The van der Waals surface area contributed by atoms with Crippen LogP contribution >= 0.6 is 27.3 Å². The van der Waals surface area contributed by atoms with Gasteiger partial charge in [-0.15, -0.1) is 11.3 Å². The quantitative estimate of drug-likeness (QED) is 0.660. The van der Waals surface area contributed by atoms with E-state index in [9.17, 15) is 9.59 Å². The van der Waals surface area contributed by atoms with Crippen molar-refractivity contribution < 1.29 is 19.1 Å². The van der Waals surface area contributed by atoms with Crippen LogP contribution in [0.5, 0.6) is 0 Å². The van der Waals surface area contributed by atoms with E-state index in [0.29, 0.717) is 15.8 Å². The van der Waals surface area contributed by atoms with E-state index in [4.69, 9.17) is 15.2 Å². The first-order valence-electron chi connectivity index (χ1n) is 5.38. The number of carbonyl (C=O) groups is 2. The van der Waals surface area contributed by atoms with Gasteiger partial charge in [0.2, 0.25) is 0 Å². The molecular weight excluding hydrogens is 322 g/mol. The molecule has 0 amide bonds. The van der Waals surface area contributed by atoms with Gasteiger partial charge in [-0.1, -0.05) is 15.9 Å². The maximum atomic E-state index is 11.8. The smallest absolute Gasteiger partial charge is 0.348 e. The summed E-state index contributed by atoms with van der Waals surface area (Å²) in [5.74, 6) is -0.990. The molecule has 1 heterocycles. The topological polar surface area (TPSA) is 78.6 Å². The summed E-state index contributed by atoms with van der Waals surface area (Å²) >= 11 is 4.29. The number of thiophene rings is 1. The third kappa shape index (κ3) is 3.02. The zero-order valence-corrected chi connectivity index (χ0v) is 12.5. The van der Waals surface area contributed by atoms with Gasteiger partial charge in [0.25, 0.3) is 0 Å². The number of rotatable bonds is 5. The molecular formula is C11H14BrNO4S. The van der Waals surface area contributed by atoms with Gasteiger partial charge in [0, 0.05) is 10.9 Å². The van der Waals surface area contributed by atoms with Gasteiger partial charge >= 0.3 is 11.9 Å². The highest BCUT2D eigenvalue weighted by Gasteiger charge is 2.26. The van der Waals surface area contributed by atoms with E-state index in [1.165, 1.54) is 0 Å². The maximum Gasteiger partial charge on any atom is 0.348 e. The first kappa shape index (κ1) is 15.0. The second-order valence-corrected chi connectivity index (χ2v) is 4.84. The Morgan fingerprint density at radius 1 is 1.22 bits per heavy atom. The fraction of sp³-hybridized carbons (Fsp3) is 0.455. The summed E-state index contributed by atoms with van der Waals surface area (Å²) in [6.45, 7) is 3.95. The number of alkyl halides is 1. The zero-order valence-electron chi connectivity index (χ0n) is 10.1. The standard InChI is InChI=1S/C11H14BrNO4S/c1-3-16-10(14)7-6(5-12)8(18-9(7)13)11(15)17-4-2/h3-5,13H2,1-2H3. The van der Waals surface area contributed by atoms with E-state index < -0.39 is 11.9 Å². The van der Waals surface area contributed by atoms with Crippen molar-refractivity contribution in [3.05, 3.63) is 16.0 Å². The lowest BCUT2D eigenvalue weighted by atomic mass is 10.1. The number of hydrogen-bond donors (Lipinski definition) is 1. The van der Waals surface area contributed by atoms with Crippen LogP contribution < -0.4 is 5.73 Å². The van der Waals surface area contributed by atoms with Crippen LogP contribution in [0.3, 0.4) is 0 Å². The third-order valence-corrected chi connectivity index (χ3v) is 3.71. The van der Waals surface area contributed by atoms with E-state index in [1.807, 2.05) is 0 Å². The number of hydrogen-bond acceptors (Lipinski definition) is 6. The fourth-order valence-corrected chi connectivity index (χ4v) is 3.12. The Hall–Kier alpha value is -1.08. The van der Waals surface area contributed by atoms with Crippen LogP contribution in [0.25, 0.3) is 0 Å². The second kappa shape index (κ2) is 6.75. The lowest BCUT2D eigenvalue weighted by Crippen LogP contribution is -2.10. The summed E-state index contributed by atoms with van der Waals surface area (Å²) in [4.78, 5) is 23.8. The Balaban J connectivity index is 3.20. The minimum atomic E-state index is -0.517. The molecule has 0 aromatic carbocycles. The Kier molecular flexibility index (Phi) is 5.61. The molecule has 100 valence electrons. The van der Waals surface area contributed by atoms with Gasteiger partial charge in [-0.05, 0) is 13.8 Å². The van der Waals surface area contributed by atoms with Crippen molar-refractivity contribution in [3.8, 4) is 0 Å². The number of halogens is 1. The molecule has 0 radical (unpaired) electrons. The van der Waals surface area contributed by atoms with Crippen molar-refractivity contribution in [1.82, 2.24) is 0 Å². The SMILES string of the molecule is CCOC(=O)c1sc(N)c(C(=O)OCC)c1CBr. The number of nitrogen functional groups attached to an aromatic ring is 1. The fourth-order valence-electron chi connectivity index (χ4n) is 1.40. The average Bonchev–Trinajstić information content (AvgIpc) is 2.66. The van der Waals surface area contributed by atoms with Crippen molar-refractivity contribution in [2.45, 2.75) is 19.2 Å². The van der Waals surface area contributed by atoms with Gasteiger partial charge in [0.05, 0.1) is 18.8 Å². The molecule has 7 heteroatoms. The molecule has 0 spiro atoms. The molecule has 1 rings (SSSR count). The Morgan fingerprint density at radius 2 is 1.78 bits per heavy atom. The van der Waals surface area contributed by atoms with Crippen molar-refractivity contribution >= 4 is 44.2 Å². The molecule has 5 nitrogen and oxygen atoms in total. The Labute approximate surface area is 117 Å². The summed E-state index contributed by atoms with van der Waals surface area (Å²) in [6.07, 6.45) is 0. The van der Waals surface area contributed by atoms with Gasteiger partial charge < -0.3 is 15.2 Å².